The Morgan fingerprint density at radius 2 is 2.08 bits per heavy atom. The quantitative estimate of drug-likeness (QED) is 0.658. The summed E-state index contributed by atoms with van der Waals surface area (Å²) in [7, 11) is 1.63. The molecule has 2 aromatic rings. The number of thiazole rings is 1. The maximum absolute atomic E-state index is 12.6. The number of amides is 1. The molecule has 1 amide bonds. The molecule has 5 nitrogen and oxygen atoms in total. The Labute approximate surface area is 159 Å². The molecule has 0 spiro atoms. The predicted molar refractivity (Wildman–Crippen MR) is 102 cm³/mol. The fourth-order valence-corrected chi connectivity index (χ4v) is 3.47. The Hall–Kier alpha value is -2.08. The number of methoxy groups -OCH3 is 1. The number of para-hydroxylation sites is 2. The highest BCUT2D eigenvalue weighted by atomic mass is 32.1. The van der Waals surface area contributed by atoms with Gasteiger partial charge >= 0.3 is 0 Å². The van der Waals surface area contributed by atoms with E-state index >= 15 is 0 Å². The maximum atomic E-state index is 12.6. The molecule has 1 unspecified atom stereocenters. The van der Waals surface area contributed by atoms with E-state index in [-0.39, 0.29) is 17.9 Å². The molecule has 0 aliphatic heterocycles. The molecule has 1 saturated carbocycles. The van der Waals surface area contributed by atoms with Crippen LogP contribution in [0.15, 0.2) is 29.6 Å². The highest BCUT2D eigenvalue weighted by Gasteiger charge is 2.35. The summed E-state index contributed by atoms with van der Waals surface area (Å²) in [6, 6.07) is 7.81. The number of benzene rings is 1. The molecule has 1 atom stereocenters. The topological polar surface area (TPSA) is 51.7 Å². The van der Waals surface area contributed by atoms with Gasteiger partial charge in [0.2, 0.25) is 5.91 Å². The van der Waals surface area contributed by atoms with Crippen LogP contribution in [0, 0.1) is 5.92 Å². The van der Waals surface area contributed by atoms with Crippen molar-refractivity contribution < 1.29 is 14.3 Å². The summed E-state index contributed by atoms with van der Waals surface area (Å²) >= 11 is 1.56. The van der Waals surface area contributed by atoms with Crippen LogP contribution in [0.25, 0.3) is 0 Å². The van der Waals surface area contributed by atoms with Crippen molar-refractivity contribution in [3.63, 3.8) is 0 Å². The first kappa shape index (κ1) is 18.7. The fraction of sp³-hybridized carbons (Fsp3) is 0.500. The minimum absolute atomic E-state index is 0.232. The lowest BCUT2D eigenvalue weighted by molar-refractivity contribution is -0.135. The number of ether oxygens (including phenoxy) is 2. The van der Waals surface area contributed by atoms with Gasteiger partial charge in [-0.15, -0.1) is 11.3 Å². The van der Waals surface area contributed by atoms with Crippen LogP contribution in [-0.4, -0.2) is 28.9 Å². The van der Waals surface area contributed by atoms with Crippen LogP contribution >= 0.6 is 11.3 Å². The summed E-state index contributed by atoms with van der Waals surface area (Å²) < 4.78 is 11.1. The van der Waals surface area contributed by atoms with Gasteiger partial charge in [-0.25, -0.2) is 4.98 Å². The summed E-state index contributed by atoms with van der Waals surface area (Å²) in [5, 5.41) is 2.92. The first-order valence-electron chi connectivity index (χ1n) is 9.12. The van der Waals surface area contributed by atoms with Crippen LogP contribution in [0.3, 0.4) is 0 Å². The van der Waals surface area contributed by atoms with Crippen molar-refractivity contribution >= 4 is 17.2 Å². The molecule has 1 fully saturated rings. The summed E-state index contributed by atoms with van der Waals surface area (Å²) in [4.78, 5) is 19.2. The van der Waals surface area contributed by atoms with E-state index in [1.54, 1.807) is 18.4 Å². The third kappa shape index (κ3) is 4.55. The second-order valence-electron chi connectivity index (χ2n) is 6.67. The van der Waals surface area contributed by atoms with Crippen LogP contribution in [0.5, 0.6) is 11.5 Å². The zero-order valence-electron chi connectivity index (χ0n) is 15.6. The number of carbonyl (C=O) groups excluding carboxylic acids is 1. The molecule has 1 heterocycles. The lowest BCUT2D eigenvalue weighted by atomic mass is 10.2. The average molecular weight is 375 g/mol. The Balaban J connectivity index is 1.62. The van der Waals surface area contributed by atoms with Crippen molar-refractivity contribution in [2.24, 2.45) is 5.92 Å². The smallest absolute Gasteiger partial charge is 0.226 e. The zero-order chi connectivity index (χ0) is 18.5. The molecule has 0 N–H and O–H groups in total. The van der Waals surface area contributed by atoms with E-state index in [4.69, 9.17) is 9.47 Å². The molecule has 0 saturated heterocycles. The minimum atomic E-state index is 0.232. The van der Waals surface area contributed by atoms with Crippen molar-refractivity contribution in [3.05, 3.63) is 40.3 Å². The first-order valence-corrected chi connectivity index (χ1v) is 10.00. The molecule has 0 bridgehead atoms. The maximum Gasteiger partial charge on any atom is 0.226 e. The highest BCUT2D eigenvalue weighted by molar-refractivity contribution is 7.09. The molecule has 1 aromatic heterocycles. The predicted octanol–water partition coefficient (Wildman–Crippen LogP) is 4.27. The van der Waals surface area contributed by atoms with Gasteiger partial charge in [-0.1, -0.05) is 19.1 Å². The number of hydrogen-bond acceptors (Lipinski definition) is 5. The van der Waals surface area contributed by atoms with Crippen LogP contribution in [-0.2, 0) is 17.9 Å². The number of carbonyl (C=O) groups is 1. The minimum Gasteiger partial charge on any atom is -0.493 e. The van der Waals surface area contributed by atoms with Crippen molar-refractivity contribution in [3.8, 4) is 11.5 Å². The van der Waals surface area contributed by atoms with Gasteiger partial charge in [0, 0.05) is 17.3 Å². The fourth-order valence-electron chi connectivity index (χ4n) is 2.78. The van der Waals surface area contributed by atoms with Crippen molar-refractivity contribution in [2.45, 2.75) is 52.3 Å². The van der Waals surface area contributed by atoms with Crippen LogP contribution < -0.4 is 9.47 Å². The molecule has 1 aromatic carbocycles. The molecule has 140 valence electrons. The van der Waals surface area contributed by atoms with Crippen LogP contribution in [0.1, 0.15) is 43.8 Å². The van der Waals surface area contributed by atoms with Crippen molar-refractivity contribution in [2.75, 3.05) is 7.11 Å². The Bertz CT molecular complexity index is 742. The molecule has 6 heteroatoms. The molecule has 26 heavy (non-hydrogen) atoms. The first-order chi connectivity index (χ1) is 12.6. The van der Waals surface area contributed by atoms with E-state index < -0.39 is 0 Å². The SMILES string of the molecule is CCC(C)N(Cc1csc(COc2ccccc2OC)n1)C(=O)C1CC1. The Morgan fingerprint density at radius 1 is 1.35 bits per heavy atom. The van der Waals surface area contributed by atoms with E-state index in [0.29, 0.717) is 24.7 Å². The van der Waals surface area contributed by atoms with Gasteiger partial charge in [-0.3, -0.25) is 4.79 Å². The molecule has 0 radical (unpaired) electrons. The molecular weight excluding hydrogens is 348 g/mol. The van der Waals surface area contributed by atoms with Crippen molar-refractivity contribution in [1.82, 2.24) is 9.88 Å². The average Bonchev–Trinajstić information content (AvgIpc) is 3.43. The highest BCUT2D eigenvalue weighted by Crippen LogP contribution is 2.33. The molecule has 1 aliphatic rings. The number of rotatable bonds is 9. The number of hydrogen-bond donors (Lipinski definition) is 0. The summed E-state index contributed by atoms with van der Waals surface area (Å²) in [6.45, 7) is 5.20. The largest absolute Gasteiger partial charge is 0.493 e. The lowest BCUT2D eigenvalue weighted by Crippen LogP contribution is -2.38. The zero-order valence-corrected chi connectivity index (χ0v) is 16.4. The number of aromatic nitrogens is 1. The van der Waals surface area contributed by atoms with Crippen LogP contribution in [0.2, 0.25) is 0 Å². The molecular formula is C20H26N2O3S. The van der Waals surface area contributed by atoms with Gasteiger partial charge < -0.3 is 14.4 Å². The monoisotopic (exact) mass is 374 g/mol. The van der Waals surface area contributed by atoms with E-state index in [1.165, 1.54) is 0 Å². The third-order valence-electron chi connectivity index (χ3n) is 4.68. The van der Waals surface area contributed by atoms with E-state index in [2.05, 4.69) is 18.8 Å². The molecule has 1 aliphatic carbocycles. The van der Waals surface area contributed by atoms with Gasteiger partial charge in [0.25, 0.3) is 0 Å². The third-order valence-corrected chi connectivity index (χ3v) is 5.56. The van der Waals surface area contributed by atoms with E-state index in [1.807, 2.05) is 34.5 Å². The summed E-state index contributed by atoms with van der Waals surface area (Å²) in [6.07, 6.45) is 3.01. The Morgan fingerprint density at radius 3 is 2.73 bits per heavy atom. The van der Waals surface area contributed by atoms with Gasteiger partial charge in [0.15, 0.2) is 11.5 Å². The Kier molecular flexibility index (Phi) is 6.14. The lowest BCUT2D eigenvalue weighted by Gasteiger charge is -2.28. The van der Waals surface area contributed by atoms with E-state index in [0.717, 1.165) is 30.0 Å². The summed E-state index contributed by atoms with van der Waals surface area (Å²) in [5.41, 5.74) is 0.933. The second-order valence-corrected chi connectivity index (χ2v) is 7.61. The normalized spacial score (nSPS) is 14.7. The standard InChI is InChI=1S/C20H26N2O3S/c1-4-14(2)22(20(23)15-9-10-15)11-16-13-26-19(21-16)12-25-18-8-6-5-7-17(18)24-3/h5-8,13-15H,4,9-12H2,1-3H3. The van der Waals surface area contributed by atoms with E-state index in [9.17, 15) is 4.79 Å². The van der Waals surface area contributed by atoms with Gasteiger partial charge in [0.1, 0.15) is 11.6 Å². The summed E-state index contributed by atoms with van der Waals surface area (Å²) in [5.74, 6) is 1.93. The second kappa shape index (κ2) is 8.54. The molecule has 3 rings (SSSR count). The van der Waals surface area contributed by atoms with Crippen molar-refractivity contribution in [1.29, 1.82) is 0 Å². The number of nitrogens with zero attached hydrogens (tertiary/aromatic N) is 2. The van der Waals surface area contributed by atoms with Gasteiger partial charge in [-0.05, 0) is 38.3 Å². The van der Waals surface area contributed by atoms with Gasteiger partial charge in [0.05, 0.1) is 19.3 Å². The van der Waals surface area contributed by atoms with Crippen LogP contribution in [0.4, 0.5) is 0 Å². The van der Waals surface area contributed by atoms with Gasteiger partial charge in [-0.2, -0.15) is 0 Å².